The number of aliphatic hydroxyl groups excluding tert-OH is 1. The summed E-state index contributed by atoms with van der Waals surface area (Å²) in [5, 5.41) is 9.78. The molecule has 0 fully saturated rings. The van der Waals surface area contributed by atoms with Gasteiger partial charge < -0.3 is 9.84 Å². The number of ether oxygens (including phenoxy) is 1. The van der Waals surface area contributed by atoms with Crippen LogP contribution >= 0.6 is 11.3 Å². The lowest BCUT2D eigenvalue weighted by atomic mass is 10.4. The van der Waals surface area contributed by atoms with E-state index in [2.05, 4.69) is 30.7 Å². The number of rotatable bonds is 8. The molecule has 0 aliphatic heterocycles. The predicted molar refractivity (Wildman–Crippen MR) is 70.4 cm³/mol. The molecule has 0 spiro atoms. The number of nitrogens with zero attached hydrogens (tertiary/aromatic N) is 2. The highest BCUT2D eigenvalue weighted by Crippen LogP contribution is 2.17. The van der Waals surface area contributed by atoms with Crippen molar-refractivity contribution in [2.75, 3.05) is 32.9 Å². The number of aliphatic hydroxyl groups is 1. The summed E-state index contributed by atoms with van der Waals surface area (Å²) in [5.41, 5.74) is 1.14. The van der Waals surface area contributed by atoms with Crippen molar-refractivity contribution in [3.8, 4) is 0 Å². The van der Waals surface area contributed by atoms with Crippen LogP contribution in [0.1, 0.15) is 22.5 Å². The first-order valence-corrected chi connectivity index (χ1v) is 6.82. The van der Waals surface area contributed by atoms with E-state index in [4.69, 9.17) is 9.84 Å². The topological polar surface area (TPSA) is 45.6 Å². The van der Waals surface area contributed by atoms with Gasteiger partial charge in [0.05, 0.1) is 32.1 Å². The van der Waals surface area contributed by atoms with E-state index < -0.39 is 0 Å². The third-order valence-electron chi connectivity index (χ3n) is 2.67. The molecule has 4 nitrogen and oxygen atoms in total. The lowest BCUT2D eigenvalue weighted by Crippen LogP contribution is -2.27. The minimum absolute atomic E-state index is 0.0942. The zero-order valence-corrected chi connectivity index (χ0v) is 11.7. The summed E-state index contributed by atoms with van der Waals surface area (Å²) < 4.78 is 5.27. The van der Waals surface area contributed by atoms with Gasteiger partial charge in [-0.2, -0.15) is 0 Å². The van der Waals surface area contributed by atoms with Crippen LogP contribution in [0.25, 0.3) is 0 Å². The Balaban J connectivity index is 2.35. The molecule has 5 heteroatoms. The number of aryl methyl sites for hydroxylation is 2. The molecule has 17 heavy (non-hydrogen) atoms. The molecule has 1 rings (SSSR count). The van der Waals surface area contributed by atoms with Gasteiger partial charge in [0.2, 0.25) is 0 Å². The van der Waals surface area contributed by atoms with Crippen molar-refractivity contribution in [2.24, 2.45) is 0 Å². The summed E-state index contributed by atoms with van der Waals surface area (Å²) in [5.74, 6) is 0. The second-order valence-corrected chi connectivity index (χ2v) is 5.24. The largest absolute Gasteiger partial charge is 0.394 e. The molecule has 0 amide bonds. The van der Waals surface area contributed by atoms with Gasteiger partial charge >= 0.3 is 0 Å². The fourth-order valence-electron chi connectivity index (χ4n) is 1.51. The van der Waals surface area contributed by atoms with Crippen LogP contribution in [0.5, 0.6) is 0 Å². The van der Waals surface area contributed by atoms with Gasteiger partial charge in [-0.25, -0.2) is 4.98 Å². The zero-order valence-electron chi connectivity index (χ0n) is 10.9. The minimum Gasteiger partial charge on any atom is -0.394 e. The molecule has 0 radical (unpaired) electrons. The van der Waals surface area contributed by atoms with Crippen LogP contribution < -0.4 is 0 Å². The van der Waals surface area contributed by atoms with Gasteiger partial charge in [0.25, 0.3) is 0 Å². The van der Waals surface area contributed by atoms with Gasteiger partial charge in [-0.1, -0.05) is 6.92 Å². The highest BCUT2D eigenvalue weighted by molar-refractivity contribution is 7.11. The Morgan fingerprint density at radius 1 is 1.35 bits per heavy atom. The molecular formula is C12H22N2O2S. The second-order valence-electron chi connectivity index (χ2n) is 3.95. The van der Waals surface area contributed by atoms with Crippen LogP contribution in [0.2, 0.25) is 0 Å². The van der Waals surface area contributed by atoms with Crippen LogP contribution in [0.4, 0.5) is 0 Å². The first-order valence-electron chi connectivity index (χ1n) is 6.01. The molecule has 98 valence electrons. The summed E-state index contributed by atoms with van der Waals surface area (Å²) in [7, 11) is 0. The molecule has 0 aliphatic carbocycles. The number of likely N-dealkylation sites (N-methyl/N-ethyl adjacent to an activating group) is 1. The fraction of sp³-hybridized carbons (Fsp3) is 0.750. The van der Waals surface area contributed by atoms with Gasteiger partial charge in [-0.3, -0.25) is 4.90 Å². The Labute approximate surface area is 107 Å². The molecule has 0 saturated carbocycles. The second kappa shape index (κ2) is 7.76. The lowest BCUT2D eigenvalue weighted by Gasteiger charge is -2.18. The van der Waals surface area contributed by atoms with Crippen molar-refractivity contribution in [3.05, 3.63) is 15.6 Å². The van der Waals surface area contributed by atoms with Gasteiger partial charge in [-0.15, -0.1) is 11.3 Å². The number of hydrogen-bond donors (Lipinski definition) is 1. The van der Waals surface area contributed by atoms with Crippen molar-refractivity contribution < 1.29 is 9.84 Å². The molecule has 0 unspecified atom stereocenters. The molecule has 1 aromatic rings. The summed E-state index contributed by atoms with van der Waals surface area (Å²) >= 11 is 1.77. The van der Waals surface area contributed by atoms with Crippen molar-refractivity contribution in [1.29, 1.82) is 0 Å². The molecule has 0 bridgehead atoms. The van der Waals surface area contributed by atoms with E-state index in [9.17, 15) is 0 Å². The van der Waals surface area contributed by atoms with Gasteiger partial charge in [0.15, 0.2) is 0 Å². The summed E-state index contributed by atoms with van der Waals surface area (Å²) in [6, 6.07) is 0. The minimum atomic E-state index is 0.0942. The van der Waals surface area contributed by atoms with Gasteiger partial charge in [0, 0.05) is 11.4 Å². The Morgan fingerprint density at radius 2 is 2.12 bits per heavy atom. The monoisotopic (exact) mass is 258 g/mol. The zero-order chi connectivity index (χ0) is 12.7. The molecule has 1 N–H and O–H groups in total. The number of aromatic nitrogens is 1. The third-order valence-corrected chi connectivity index (χ3v) is 3.72. The quantitative estimate of drug-likeness (QED) is 0.719. The van der Waals surface area contributed by atoms with Crippen molar-refractivity contribution in [2.45, 2.75) is 27.3 Å². The van der Waals surface area contributed by atoms with E-state index >= 15 is 0 Å². The maximum atomic E-state index is 8.61. The highest BCUT2D eigenvalue weighted by atomic mass is 32.1. The summed E-state index contributed by atoms with van der Waals surface area (Å²) in [4.78, 5) is 8.14. The Morgan fingerprint density at radius 3 is 2.65 bits per heavy atom. The smallest absolute Gasteiger partial charge is 0.107 e. The standard InChI is InChI=1S/C12H22N2O2S/c1-4-14(5-7-16-8-6-15)9-12-13-10(2)11(3)17-12/h15H,4-9H2,1-3H3. The molecule has 1 heterocycles. The third kappa shape index (κ3) is 5.12. The van der Waals surface area contributed by atoms with E-state index in [1.54, 1.807) is 11.3 Å². The molecule has 0 atom stereocenters. The fourth-order valence-corrected chi connectivity index (χ4v) is 2.48. The maximum absolute atomic E-state index is 8.61. The van der Waals surface area contributed by atoms with E-state index in [1.165, 1.54) is 9.88 Å². The number of hydrogen-bond acceptors (Lipinski definition) is 5. The van der Waals surface area contributed by atoms with E-state index in [0.29, 0.717) is 13.2 Å². The average Bonchev–Trinajstić information content (AvgIpc) is 2.62. The van der Waals surface area contributed by atoms with Gasteiger partial charge in [-0.05, 0) is 20.4 Å². The molecule has 0 aliphatic rings. The van der Waals surface area contributed by atoms with Crippen LogP contribution in [-0.2, 0) is 11.3 Å². The van der Waals surface area contributed by atoms with Gasteiger partial charge in [0.1, 0.15) is 5.01 Å². The van der Waals surface area contributed by atoms with Crippen LogP contribution in [0.15, 0.2) is 0 Å². The van der Waals surface area contributed by atoms with Crippen LogP contribution in [0.3, 0.4) is 0 Å². The Kier molecular flexibility index (Phi) is 6.65. The summed E-state index contributed by atoms with van der Waals surface area (Å²) in [6.07, 6.45) is 0. The first-order chi connectivity index (χ1) is 8.17. The lowest BCUT2D eigenvalue weighted by molar-refractivity contribution is 0.0732. The average molecular weight is 258 g/mol. The molecule has 1 aromatic heterocycles. The summed E-state index contributed by atoms with van der Waals surface area (Å²) in [6.45, 7) is 10.2. The normalized spacial score (nSPS) is 11.4. The maximum Gasteiger partial charge on any atom is 0.107 e. The molecular weight excluding hydrogens is 236 g/mol. The van der Waals surface area contributed by atoms with Crippen molar-refractivity contribution in [1.82, 2.24) is 9.88 Å². The Hall–Kier alpha value is -0.490. The van der Waals surface area contributed by atoms with E-state index in [0.717, 1.165) is 25.3 Å². The first kappa shape index (κ1) is 14.6. The predicted octanol–water partition coefficient (Wildman–Crippen LogP) is 1.59. The molecule has 0 aromatic carbocycles. The highest BCUT2D eigenvalue weighted by Gasteiger charge is 2.08. The molecule has 0 saturated heterocycles. The van der Waals surface area contributed by atoms with Crippen molar-refractivity contribution in [3.63, 3.8) is 0 Å². The van der Waals surface area contributed by atoms with E-state index in [-0.39, 0.29) is 6.61 Å². The Bertz CT molecular complexity index is 309. The van der Waals surface area contributed by atoms with Crippen LogP contribution in [-0.4, -0.2) is 47.9 Å². The van der Waals surface area contributed by atoms with E-state index in [1.807, 2.05) is 0 Å². The van der Waals surface area contributed by atoms with Crippen molar-refractivity contribution >= 4 is 11.3 Å². The number of thiazole rings is 1. The SMILES string of the molecule is CCN(CCOCCO)Cc1nc(C)c(C)s1. The van der Waals surface area contributed by atoms with Crippen LogP contribution in [0, 0.1) is 13.8 Å².